The molecule has 0 atom stereocenters. The molecule has 0 fully saturated rings. The Balaban J connectivity index is 1.41. The van der Waals surface area contributed by atoms with Gasteiger partial charge in [0.2, 0.25) is 0 Å². The van der Waals surface area contributed by atoms with Crippen molar-refractivity contribution in [1.29, 1.82) is 0 Å². The van der Waals surface area contributed by atoms with Crippen LogP contribution in [0, 0.1) is 6.92 Å². The van der Waals surface area contributed by atoms with Gasteiger partial charge in [-0.05, 0) is 50.1 Å². The third-order valence-corrected chi connectivity index (χ3v) is 7.29. The number of rotatable bonds is 7. The Bertz CT molecular complexity index is 1640. The normalized spacial score (nSPS) is 14.1. The van der Waals surface area contributed by atoms with E-state index in [0.717, 1.165) is 10.9 Å². The molecule has 0 saturated heterocycles. The summed E-state index contributed by atoms with van der Waals surface area (Å²) in [5, 5.41) is 1.49. The van der Waals surface area contributed by atoms with E-state index in [1.165, 1.54) is 23.1 Å². The quantitative estimate of drug-likeness (QED) is 0.147. The smallest absolute Gasteiger partial charge is 0.376 e. The number of carbonyl (C=O) groups is 2. The lowest BCUT2D eigenvalue weighted by molar-refractivity contribution is -0.0500. The first-order valence-corrected chi connectivity index (χ1v) is 12.7. The number of hydrogen-bond acceptors (Lipinski definition) is 6. The van der Waals surface area contributed by atoms with Crippen molar-refractivity contribution in [3.05, 3.63) is 71.5 Å². The second kappa shape index (κ2) is 8.87. The predicted molar refractivity (Wildman–Crippen MR) is 129 cm³/mol. The van der Waals surface area contributed by atoms with Gasteiger partial charge in [0.1, 0.15) is 5.75 Å². The summed E-state index contributed by atoms with van der Waals surface area (Å²) in [6.07, 6.45) is 2.61. The van der Waals surface area contributed by atoms with E-state index >= 15 is 0 Å². The van der Waals surface area contributed by atoms with E-state index in [9.17, 15) is 31.2 Å². The van der Waals surface area contributed by atoms with E-state index in [1.807, 2.05) is 4.57 Å². The van der Waals surface area contributed by atoms with E-state index in [4.69, 9.17) is 0 Å². The van der Waals surface area contributed by atoms with Crippen molar-refractivity contribution in [2.24, 2.45) is 0 Å². The maximum atomic E-state index is 12.8. The van der Waals surface area contributed by atoms with Crippen LogP contribution >= 0.6 is 0 Å². The van der Waals surface area contributed by atoms with Crippen molar-refractivity contribution < 1.29 is 35.4 Å². The molecule has 1 aliphatic heterocycles. The van der Waals surface area contributed by atoms with Crippen LogP contribution in [0.15, 0.2) is 54.7 Å². The van der Waals surface area contributed by atoms with Crippen molar-refractivity contribution in [3.63, 3.8) is 0 Å². The van der Waals surface area contributed by atoms with Crippen LogP contribution in [0.3, 0.4) is 0 Å². The predicted octanol–water partition coefficient (Wildman–Crippen LogP) is 4.80. The minimum absolute atomic E-state index is 0.207. The number of aromatic nitrogens is 2. The Kier molecular flexibility index (Phi) is 5.94. The van der Waals surface area contributed by atoms with Crippen LogP contribution in [-0.2, 0) is 16.7 Å². The van der Waals surface area contributed by atoms with Crippen molar-refractivity contribution in [2.45, 2.75) is 31.8 Å². The van der Waals surface area contributed by atoms with Crippen molar-refractivity contribution >= 4 is 43.7 Å². The minimum atomic E-state index is -5.82. The van der Waals surface area contributed by atoms with Gasteiger partial charge in [-0.1, -0.05) is 12.1 Å². The standard InChI is InChI=1S/C25H20F3N3O5S/c1-15-22-18(10-11-29-15)17-9-8-16(36-37(34,35)25(26,27)28)14-21(17)30(22)12-4-5-13-31-23(32)19-6-2-3-7-20(19)24(31)33/h2-3,6-11,14H,4-5,12-13H2,1H3. The zero-order chi connectivity index (χ0) is 26.5. The van der Waals surface area contributed by atoms with E-state index in [-0.39, 0.29) is 18.4 Å². The number of fused-ring (bicyclic) bond motifs is 4. The fourth-order valence-electron chi connectivity index (χ4n) is 4.64. The number of aryl methyl sites for hydroxylation is 2. The maximum absolute atomic E-state index is 12.8. The fourth-order valence-corrected chi connectivity index (χ4v) is 5.09. The number of halogens is 3. The second-order valence-corrected chi connectivity index (χ2v) is 10.2. The van der Waals surface area contributed by atoms with Crippen LogP contribution in [0.1, 0.15) is 39.3 Å². The van der Waals surface area contributed by atoms with Gasteiger partial charge in [-0.25, -0.2) is 0 Å². The maximum Gasteiger partial charge on any atom is 0.534 e. The Morgan fingerprint density at radius 1 is 0.919 bits per heavy atom. The summed E-state index contributed by atoms with van der Waals surface area (Å²) in [4.78, 5) is 30.7. The average Bonchev–Trinajstić information content (AvgIpc) is 3.28. The highest BCUT2D eigenvalue weighted by molar-refractivity contribution is 7.88. The average molecular weight is 532 g/mol. The lowest BCUT2D eigenvalue weighted by Gasteiger charge is -2.14. The van der Waals surface area contributed by atoms with Crippen LogP contribution in [-0.4, -0.2) is 46.7 Å². The first kappa shape index (κ1) is 24.8. The lowest BCUT2D eigenvalue weighted by Crippen LogP contribution is -2.30. The summed E-state index contributed by atoms with van der Waals surface area (Å²) < 4.78 is 67.7. The van der Waals surface area contributed by atoms with E-state index in [2.05, 4.69) is 9.17 Å². The summed E-state index contributed by atoms with van der Waals surface area (Å²) in [5.41, 5.74) is -2.91. The zero-order valence-corrected chi connectivity index (χ0v) is 20.3. The van der Waals surface area contributed by atoms with Gasteiger partial charge < -0.3 is 8.75 Å². The van der Waals surface area contributed by atoms with Gasteiger partial charge in [0.05, 0.1) is 27.9 Å². The Morgan fingerprint density at radius 2 is 1.57 bits per heavy atom. The summed E-state index contributed by atoms with van der Waals surface area (Å²) in [7, 11) is -5.82. The van der Waals surface area contributed by atoms with E-state index in [0.29, 0.717) is 47.1 Å². The number of carbonyl (C=O) groups excluding carboxylic acids is 2. The Labute approximate surface area is 209 Å². The van der Waals surface area contributed by atoms with Gasteiger partial charge >= 0.3 is 15.6 Å². The monoisotopic (exact) mass is 531 g/mol. The third-order valence-electron chi connectivity index (χ3n) is 6.31. The highest BCUT2D eigenvalue weighted by Crippen LogP contribution is 2.35. The third kappa shape index (κ3) is 4.20. The molecule has 4 aromatic rings. The number of pyridine rings is 1. The van der Waals surface area contributed by atoms with E-state index in [1.54, 1.807) is 43.5 Å². The molecular weight excluding hydrogens is 511 g/mol. The van der Waals surface area contributed by atoms with E-state index < -0.39 is 21.4 Å². The first-order valence-electron chi connectivity index (χ1n) is 11.3. The van der Waals surface area contributed by atoms with Crippen molar-refractivity contribution in [2.75, 3.05) is 6.54 Å². The number of alkyl halides is 3. The zero-order valence-electron chi connectivity index (χ0n) is 19.4. The summed E-state index contributed by atoms with van der Waals surface area (Å²) in [6.45, 7) is 2.38. The number of nitrogens with zero attached hydrogens (tertiary/aromatic N) is 3. The van der Waals surface area contributed by atoms with Crippen LogP contribution in [0.2, 0.25) is 0 Å². The molecule has 2 amide bonds. The van der Waals surface area contributed by atoms with Gasteiger partial charge in [-0.2, -0.15) is 21.6 Å². The first-order chi connectivity index (χ1) is 17.5. The molecule has 2 aromatic heterocycles. The number of unbranched alkanes of at least 4 members (excludes halogenated alkanes) is 1. The van der Waals surface area contributed by atoms with Gasteiger partial charge in [-0.3, -0.25) is 19.5 Å². The summed E-state index contributed by atoms with van der Waals surface area (Å²) in [6, 6.07) is 12.3. The van der Waals surface area contributed by atoms with Crippen LogP contribution in [0.5, 0.6) is 5.75 Å². The van der Waals surface area contributed by atoms with Crippen LogP contribution < -0.4 is 4.18 Å². The number of amides is 2. The topological polar surface area (TPSA) is 98.6 Å². The highest BCUT2D eigenvalue weighted by Gasteiger charge is 2.48. The molecular formula is C25H20F3N3O5S. The molecule has 0 aliphatic carbocycles. The number of imide groups is 1. The molecule has 0 radical (unpaired) electrons. The molecule has 0 N–H and O–H groups in total. The lowest BCUT2D eigenvalue weighted by atomic mass is 10.1. The number of hydrogen-bond donors (Lipinski definition) is 0. The van der Waals surface area contributed by atoms with Gasteiger partial charge in [0.25, 0.3) is 11.8 Å². The summed E-state index contributed by atoms with van der Waals surface area (Å²) >= 11 is 0. The molecule has 2 aromatic carbocycles. The van der Waals surface area contributed by atoms with Gasteiger partial charge in [0, 0.05) is 36.1 Å². The largest absolute Gasteiger partial charge is 0.534 e. The second-order valence-electron chi connectivity index (χ2n) is 8.62. The Morgan fingerprint density at radius 3 is 2.22 bits per heavy atom. The van der Waals surface area contributed by atoms with Crippen LogP contribution in [0.25, 0.3) is 21.8 Å². The molecule has 37 heavy (non-hydrogen) atoms. The van der Waals surface area contributed by atoms with Crippen LogP contribution in [0.4, 0.5) is 13.2 Å². The molecule has 12 heteroatoms. The van der Waals surface area contributed by atoms with Crippen molar-refractivity contribution in [3.8, 4) is 5.75 Å². The van der Waals surface area contributed by atoms with Gasteiger partial charge in [-0.15, -0.1) is 0 Å². The molecule has 192 valence electrons. The molecule has 0 saturated carbocycles. The molecule has 0 bridgehead atoms. The summed E-state index contributed by atoms with van der Waals surface area (Å²) in [5.74, 6) is -1.15. The molecule has 1 aliphatic rings. The van der Waals surface area contributed by atoms with Crippen molar-refractivity contribution in [1.82, 2.24) is 14.5 Å². The van der Waals surface area contributed by atoms with Gasteiger partial charge in [0.15, 0.2) is 0 Å². The molecule has 0 unspecified atom stereocenters. The fraction of sp³-hybridized carbons (Fsp3) is 0.240. The molecule has 8 nitrogen and oxygen atoms in total. The minimum Gasteiger partial charge on any atom is -0.376 e. The SMILES string of the molecule is Cc1nccc2c3ccc(OS(=O)(=O)C(F)(F)F)cc3n(CCCCN3C(=O)c4ccccc4C3=O)c12. The highest BCUT2D eigenvalue weighted by atomic mass is 32.2. The Hall–Kier alpha value is -3.93. The molecule has 5 rings (SSSR count). The molecule has 3 heterocycles. The number of benzene rings is 2. The molecule has 0 spiro atoms.